The number of aryl methyl sites for hydroxylation is 1. The van der Waals surface area contributed by atoms with Crippen molar-refractivity contribution in [2.24, 2.45) is 11.1 Å². The molecular formula is C23H22F3N3O2S. The van der Waals surface area contributed by atoms with Crippen molar-refractivity contribution in [2.75, 3.05) is 12.4 Å². The third kappa shape index (κ3) is 6.02. The third-order valence-electron chi connectivity index (χ3n) is 5.03. The van der Waals surface area contributed by atoms with Crippen molar-refractivity contribution in [3.63, 3.8) is 0 Å². The van der Waals surface area contributed by atoms with Crippen LogP contribution in [0.25, 0.3) is 0 Å². The largest absolute Gasteiger partial charge is 0.494 e. The first-order chi connectivity index (χ1) is 15.4. The lowest BCUT2D eigenvalue weighted by atomic mass is 9.83. The van der Waals surface area contributed by atoms with Crippen molar-refractivity contribution in [1.82, 2.24) is 4.98 Å². The van der Waals surface area contributed by atoms with Crippen LogP contribution >= 0.6 is 11.9 Å². The van der Waals surface area contributed by atoms with Gasteiger partial charge in [-0.1, -0.05) is 12.1 Å². The smallest absolute Gasteiger partial charge is 0.227 e. The Hall–Kier alpha value is -3.04. The van der Waals surface area contributed by atoms with Gasteiger partial charge in [-0.05, 0) is 78.7 Å². The topological polar surface area (TPSA) is 77.2 Å². The number of ether oxygens (including phenoxy) is 1. The predicted molar refractivity (Wildman–Crippen MR) is 118 cm³/mol. The minimum Gasteiger partial charge on any atom is -0.494 e. The number of rotatable bonds is 4. The molecule has 1 aromatic heterocycles. The van der Waals surface area contributed by atoms with E-state index in [0.717, 1.165) is 42.0 Å². The number of methoxy groups -OCH3 is 1. The summed E-state index contributed by atoms with van der Waals surface area (Å²) in [5, 5.41) is 9.00. The maximum absolute atomic E-state index is 13.3. The number of hydrogen-bond acceptors (Lipinski definition) is 5. The molecule has 32 heavy (non-hydrogen) atoms. The van der Waals surface area contributed by atoms with Crippen LogP contribution in [0, 0.1) is 23.4 Å². The number of nitrogens with two attached hydrogens (primary N) is 1. The molecule has 0 aliphatic heterocycles. The Labute approximate surface area is 188 Å². The number of hydrogen-bond donors (Lipinski definition) is 2. The molecule has 0 saturated carbocycles. The normalized spacial score (nSPS) is 14.6. The molecule has 0 saturated heterocycles. The monoisotopic (exact) mass is 461 g/mol. The van der Waals surface area contributed by atoms with Gasteiger partial charge < -0.3 is 10.1 Å². The summed E-state index contributed by atoms with van der Waals surface area (Å²) in [7, 11) is 1.29. The van der Waals surface area contributed by atoms with Crippen molar-refractivity contribution >= 4 is 23.5 Å². The molecule has 1 unspecified atom stereocenters. The van der Waals surface area contributed by atoms with E-state index in [0.29, 0.717) is 17.1 Å². The fourth-order valence-corrected chi connectivity index (χ4v) is 3.70. The van der Waals surface area contributed by atoms with E-state index in [-0.39, 0.29) is 23.4 Å². The number of fused-ring (bicyclic) bond motifs is 1. The number of aromatic nitrogens is 1. The van der Waals surface area contributed by atoms with E-state index in [1.54, 1.807) is 18.3 Å². The molecule has 1 amide bonds. The molecule has 168 valence electrons. The van der Waals surface area contributed by atoms with Crippen LogP contribution in [0.3, 0.4) is 0 Å². The van der Waals surface area contributed by atoms with E-state index in [1.165, 1.54) is 31.4 Å². The number of halogens is 3. The average Bonchev–Trinajstić information content (AvgIpc) is 2.81. The second kappa shape index (κ2) is 11.0. The number of anilines is 1. The van der Waals surface area contributed by atoms with Crippen LogP contribution in [0.4, 0.5) is 18.9 Å². The van der Waals surface area contributed by atoms with Crippen LogP contribution < -0.4 is 15.2 Å². The van der Waals surface area contributed by atoms with Crippen LogP contribution in [-0.4, -0.2) is 18.0 Å². The van der Waals surface area contributed by atoms with E-state index in [1.807, 2.05) is 6.07 Å². The van der Waals surface area contributed by atoms with Crippen molar-refractivity contribution in [1.29, 1.82) is 0 Å². The van der Waals surface area contributed by atoms with Gasteiger partial charge in [-0.3, -0.25) is 9.93 Å². The molecule has 3 N–H and O–H groups in total. The Morgan fingerprint density at radius 1 is 1.16 bits per heavy atom. The second-order valence-corrected chi connectivity index (χ2v) is 7.75. The summed E-state index contributed by atoms with van der Waals surface area (Å²) in [6, 6.07) is 12.1. The van der Waals surface area contributed by atoms with Crippen LogP contribution in [0.5, 0.6) is 5.75 Å². The quantitative estimate of drug-likeness (QED) is 0.541. The lowest BCUT2D eigenvalue weighted by Crippen LogP contribution is -2.28. The summed E-state index contributed by atoms with van der Waals surface area (Å²) < 4.78 is 42.7. The molecule has 1 heterocycles. The van der Waals surface area contributed by atoms with E-state index >= 15 is 0 Å². The standard InChI is InChI=1S/C16H16FN3OS.C7H6F2O/c17-13-4-3-10-1-2-11(7-12(10)8-13)16(21)20-14-5-6-19-15(9-14)22-18;1-10-6-4-2-3-5(8)7(6)9/h3-6,8-9,11H,1-2,7,18H2,(H,19,20,21);2-4H,1H3. The van der Waals surface area contributed by atoms with E-state index in [4.69, 9.17) is 5.14 Å². The molecule has 0 bridgehead atoms. The highest BCUT2D eigenvalue weighted by Crippen LogP contribution is 2.27. The van der Waals surface area contributed by atoms with Crippen LogP contribution in [0.2, 0.25) is 0 Å². The van der Waals surface area contributed by atoms with Gasteiger partial charge in [0.2, 0.25) is 11.7 Å². The fraction of sp³-hybridized carbons (Fsp3) is 0.217. The summed E-state index contributed by atoms with van der Waals surface area (Å²) >= 11 is 1.03. The third-order valence-corrected chi connectivity index (χ3v) is 5.49. The predicted octanol–water partition coefficient (Wildman–Crippen LogP) is 4.90. The number of benzene rings is 2. The van der Waals surface area contributed by atoms with Gasteiger partial charge in [-0.2, -0.15) is 4.39 Å². The van der Waals surface area contributed by atoms with Gasteiger partial charge >= 0.3 is 0 Å². The Bertz CT molecular complexity index is 1100. The van der Waals surface area contributed by atoms with Crippen LogP contribution in [0.1, 0.15) is 17.5 Å². The summed E-state index contributed by atoms with van der Waals surface area (Å²) in [5.74, 6) is -2.34. The van der Waals surface area contributed by atoms with Crippen molar-refractivity contribution in [3.8, 4) is 5.75 Å². The van der Waals surface area contributed by atoms with Crippen LogP contribution in [0.15, 0.2) is 59.8 Å². The highest BCUT2D eigenvalue weighted by atomic mass is 32.2. The number of carbonyl (C=O) groups is 1. The van der Waals surface area contributed by atoms with E-state index in [2.05, 4.69) is 15.0 Å². The molecule has 5 nitrogen and oxygen atoms in total. The number of pyridine rings is 1. The lowest BCUT2D eigenvalue weighted by molar-refractivity contribution is -0.120. The van der Waals surface area contributed by atoms with Gasteiger partial charge in [-0.25, -0.2) is 13.8 Å². The van der Waals surface area contributed by atoms with Gasteiger partial charge in [0, 0.05) is 17.8 Å². The molecule has 1 aliphatic rings. The molecule has 2 aromatic carbocycles. The van der Waals surface area contributed by atoms with E-state index in [9.17, 15) is 18.0 Å². The van der Waals surface area contributed by atoms with Gasteiger partial charge in [0.15, 0.2) is 11.6 Å². The van der Waals surface area contributed by atoms with Gasteiger partial charge in [0.25, 0.3) is 0 Å². The number of amides is 1. The first-order valence-electron chi connectivity index (χ1n) is 9.80. The number of nitrogens with one attached hydrogen (secondary N) is 1. The SMILES string of the molecule is COc1cccc(F)c1F.NSc1cc(NC(=O)C2CCc3ccc(F)cc3C2)ccn1. The van der Waals surface area contributed by atoms with Crippen molar-refractivity contribution in [2.45, 2.75) is 24.3 Å². The molecule has 0 spiro atoms. The molecule has 4 rings (SSSR count). The Kier molecular flexibility index (Phi) is 8.13. The molecule has 0 radical (unpaired) electrons. The summed E-state index contributed by atoms with van der Waals surface area (Å²) in [6.07, 6.45) is 3.75. The fourth-order valence-electron chi connectivity index (χ4n) is 3.39. The lowest BCUT2D eigenvalue weighted by Gasteiger charge is -2.24. The molecular weight excluding hydrogens is 439 g/mol. The number of nitrogens with zero attached hydrogens (tertiary/aromatic N) is 1. The first-order valence-corrected chi connectivity index (χ1v) is 10.7. The zero-order valence-corrected chi connectivity index (χ0v) is 18.1. The molecule has 3 aromatic rings. The molecule has 0 fully saturated rings. The Morgan fingerprint density at radius 3 is 2.69 bits per heavy atom. The van der Waals surface area contributed by atoms with Crippen molar-refractivity contribution < 1.29 is 22.7 Å². The second-order valence-electron chi connectivity index (χ2n) is 7.10. The summed E-state index contributed by atoms with van der Waals surface area (Å²) in [4.78, 5) is 16.5. The van der Waals surface area contributed by atoms with Gasteiger partial charge in [0.1, 0.15) is 10.8 Å². The Morgan fingerprint density at radius 2 is 1.97 bits per heavy atom. The molecule has 1 atom stereocenters. The highest BCUT2D eigenvalue weighted by molar-refractivity contribution is 7.97. The number of carbonyl (C=O) groups excluding carboxylic acids is 1. The maximum atomic E-state index is 13.3. The summed E-state index contributed by atoms with van der Waals surface area (Å²) in [5.41, 5.74) is 2.74. The van der Waals surface area contributed by atoms with Crippen LogP contribution in [-0.2, 0) is 17.6 Å². The molecule has 9 heteroatoms. The maximum Gasteiger partial charge on any atom is 0.227 e. The zero-order chi connectivity index (χ0) is 23.1. The highest BCUT2D eigenvalue weighted by Gasteiger charge is 2.25. The molecule has 1 aliphatic carbocycles. The average molecular weight is 462 g/mol. The van der Waals surface area contributed by atoms with E-state index < -0.39 is 11.6 Å². The first kappa shape index (κ1) is 23.6. The zero-order valence-electron chi connectivity index (χ0n) is 17.3. The minimum atomic E-state index is -0.940. The Balaban J connectivity index is 0.000000243. The van der Waals surface area contributed by atoms with Crippen molar-refractivity contribution in [3.05, 3.63) is 83.3 Å². The van der Waals surface area contributed by atoms with Gasteiger partial charge in [-0.15, -0.1) is 0 Å². The minimum absolute atomic E-state index is 0.0471. The summed E-state index contributed by atoms with van der Waals surface area (Å²) in [6.45, 7) is 0. The van der Waals surface area contributed by atoms with Gasteiger partial charge in [0.05, 0.1) is 7.11 Å².